The molecular weight excluding hydrogens is 221 g/mol. The van der Waals surface area contributed by atoms with Crippen molar-refractivity contribution in [1.29, 1.82) is 0 Å². The predicted molar refractivity (Wildman–Crippen MR) is 64.2 cm³/mol. The van der Waals surface area contributed by atoms with Gasteiger partial charge in [-0.3, -0.25) is 0 Å². The lowest BCUT2D eigenvalue weighted by Crippen LogP contribution is -2.44. The van der Waals surface area contributed by atoms with E-state index in [-0.39, 0.29) is 17.9 Å². The Morgan fingerprint density at radius 3 is 2.76 bits per heavy atom. The monoisotopic (exact) mass is 237 g/mol. The summed E-state index contributed by atoms with van der Waals surface area (Å²) < 4.78 is 12.9. The second kappa shape index (κ2) is 5.14. The molecule has 17 heavy (non-hydrogen) atoms. The van der Waals surface area contributed by atoms with Crippen molar-refractivity contribution >= 4 is 11.7 Å². The minimum absolute atomic E-state index is 0.188. The molecule has 2 amide bonds. The molecule has 2 rings (SSSR count). The first kappa shape index (κ1) is 11.9. The molecule has 4 nitrogen and oxygen atoms in total. The van der Waals surface area contributed by atoms with Gasteiger partial charge in [0.15, 0.2) is 0 Å². The maximum atomic E-state index is 12.9. The van der Waals surface area contributed by atoms with Gasteiger partial charge in [-0.15, -0.1) is 0 Å². The molecule has 1 fully saturated rings. The summed E-state index contributed by atoms with van der Waals surface area (Å²) in [6, 6.07) is 5.87. The highest BCUT2D eigenvalue weighted by Crippen LogP contribution is 2.13. The van der Waals surface area contributed by atoms with Gasteiger partial charge in [-0.2, -0.15) is 0 Å². The van der Waals surface area contributed by atoms with Gasteiger partial charge in [0.2, 0.25) is 0 Å². The van der Waals surface area contributed by atoms with Crippen LogP contribution < -0.4 is 11.1 Å². The molecule has 0 atom stereocenters. The minimum Gasteiger partial charge on any atom is -0.328 e. The van der Waals surface area contributed by atoms with Crippen molar-refractivity contribution < 1.29 is 9.18 Å². The maximum Gasteiger partial charge on any atom is 0.321 e. The number of likely N-dealkylation sites (tertiary alicyclic amines) is 1. The fraction of sp³-hybridized carbons (Fsp3) is 0.417. The maximum absolute atomic E-state index is 12.9. The number of carbonyl (C=O) groups is 1. The Balaban J connectivity index is 1.93. The van der Waals surface area contributed by atoms with Crippen LogP contribution in [0.3, 0.4) is 0 Å². The van der Waals surface area contributed by atoms with Crippen LogP contribution >= 0.6 is 0 Å². The van der Waals surface area contributed by atoms with Crippen molar-refractivity contribution in [2.75, 3.05) is 18.4 Å². The Morgan fingerprint density at radius 2 is 2.12 bits per heavy atom. The summed E-state index contributed by atoms with van der Waals surface area (Å²) in [5, 5.41) is 2.67. The molecule has 1 aromatic carbocycles. The predicted octanol–water partition coefficient (Wildman–Crippen LogP) is 1.78. The van der Waals surface area contributed by atoms with Crippen LogP contribution in [0.5, 0.6) is 0 Å². The van der Waals surface area contributed by atoms with Crippen molar-refractivity contribution in [2.24, 2.45) is 5.73 Å². The first-order chi connectivity index (χ1) is 8.15. The highest BCUT2D eigenvalue weighted by Gasteiger charge is 2.20. The summed E-state index contributed by atoms with van der Waals surface area (Å²) in [6.07, 6.45) is 1.63. The molecule has 1 aliphatic rings. The average Bonchev–Trinajstić information content (AvgIpc) is 2.29. The number of anilines is 1. The van der Waals surface area contributed by atoms with E-state index >= 15 is 0 Å². The van der Waals surface area contributed by atoms with Gasteiger partial charge in [-0.05, 0) is 31.0 Å². The number of rotatable bonds is 1. The first-order valence-electron chi connectivity index (χ1n) is 5.72. The zero-order chi connectivity index (χ0) is 12.3. The van der Waals surface area contributed by atoms with Gasteiger partial charge in [0, 0.05) is 24.8 Å². The lowest BCUT2D eigenvalue weighted by molar-refractivity contribution is 0.195. The van der Waals surface area contributed by atoms with E-state index in [0.29, 0.717) is 18.8 Å². The number of nitrogens with zero attached hydrogens (tertiary/aromatic N) is 1. The van der Waals surface area contributed by atoms with Gasteiger partial charge < -0.3 is 16.0 Å². The number of urea groups is 1. The number of piperidine rings is 1. The normalized spacial score (nSPS) is 16.9. The zero-order valence-electron chi connectivity index (χ0n) is 9.53. The summed E-state index contributed by atoms with van der Waals surface area (Å²) in [7, 11) is 0. The van der Waals surface area contributed by atoms with Gasteiger partial charge in [0.1, 0.15) is 5.82 Å². The first-order valence-corrected chi connectivity index (χ1v) is 5.72. The van der Waals surface area contributed by atoms with Crippen molar-refractivity contribution in [3.05, 3.63) is 30.1 Å². The van der Waals surface area contributed by atoms with Crippen LogP contribution in [0, 0.1) is 5.82 Å². The Labute approximate surface area is 99.6 Å². The van der Waals surface area contributed by atoms with E-state index in [0.717, 1.165) is 12.8 Å². The second-order valence-electron chi connectivity index (χ2n) is 4.26. The fourth-order valence-corrected chi connectivity index (χ4v) is 1.87. The summed E-state index contributed by atoms with van der Waals surface area (Å²) >= 11 is 0. The lowest BCUT2D eigenvalue weighted by Gasteiger charge is -2.30. The third-order valence-electron chi connectivity index (χ3n) is 2.90. The number of nitrogens with two attached hydrogens (primary N) is 1. The van der Waals surface area contributed by atoms with Crippen LogP contribution in [0.4, 0.5) is 14.9 Å². The summed E-state index contributed by atoms with van der Waals surface area (Å²) in [6.45, 7) is 1.31. The van der Waals surface area contributed by atoms with E-state index in [2.05, 4.69) is 5.32 Å². The smallest absolute Gasteiger partial charge is 0.321 e. The van der Waals surface area contributed by atoms with Crippen molar-refractivity contribution in [3.63, 3.8) is 0 Å². The molecule has 0 unspecified atom stereocenters. The van der Waals surface area contributed by atoms with Crippen LogP contribution in [0.2, 0.25) is 0 Å². The molecule has 0 radical (unpaired) electrons. The topological polar surface area (TPSA) is 58.4 Å². The van der Waals surface area contributed by atoms with Crippen molar-refractivity contribution in [2.45, 2.75) is 18.9 Å². The van der Waals surface area contributed by atoms with Gasteiger partial charge in [-0.25, -0.2) is 9.18 Å². The summed E-state index contributed by atoms with van der Waals surface area (Å²) in [5.41, 5.74) is 6.24. The van der Waals surface area contributed by atoms with Crippen LogP contribution in [0.25, 0.3) is 0 Å². The Hall–Kier alpha value is -1.62. The quantitative estimate of drug-likeness (QED) is 0.782. The molecule has 1 heterocycles. The van der Waals surface area contributed by atoms with Gasteiger partial charge in [0.25, 0.3) is 0 Å². The summed E-state index contributed by atoms with van der Waals surface area (Å²) in [5.74, 6) is -0.358. The Morgan fingerprint density at radius 1 is 1.41 bits per heavy atom. The van der Waals surface area contributed by atoms with E-state index in [1.165, 1.54) is 12.1 Å². The van der Waals surface area contributed by atoms with Gasteiger partial charge in [-0.1, -0.05) is 6.07 Å². The molecular formula is C12H16FN3O. The molecule has 5 heteroatoms. The number of hydrogen-bond donors (Lipinski definition) is 2. The van der Waals surface area contributed by atoms with Crippen LogP contribution in [-0.2, 0) is 0 Å². The van der Waals surface area contributed by atoms with E-state index in [1.807, 2.05) is 0 Å². The van der Waals surface area contributed by atoms with E-state index in [9.17, 15) is 9.18 Å². The van der Waals surface area contributed by atoms with Crippen molar-refractivity contribution in [3.8, 4) is 0 Å². The number of amides is 2. The fourth-order valence-electron chi connectivity index (χ4n) is 1.87. The lowest BCUT2D eigenvalue weighted by atomic mass is 10.1. The van der Waals surface area contributed by atoms with Crippen LogP contribution in [0.1, 0.15) is 12.8 Å². The molecule has 1 saturated heterocycles. The standard InChI is InChI=1S/C12H16FN3O/c13-9-2-1-3-11(8-9)15-12(17)16-6-4-10(14)5-7-16/h1-3,8,10H,4-7,14H2,(H,15,17). The number of benzene rings is 1. The highest BCUT2D eigenvalue weighted by atomic mass is 19.1. The van der Waals surface area contributed by atoms with Gasteiger partial charge in [0.05, 0.1) is 0 Å². The molecule has 0 spiro atoms. The molecule has 0 bridgehead atoms. The number of hydrogen-bond acceptors (Lipinski definition) is 2. The molecule has 1 aliphatic heterocycles. The number of carbonyl (C=O) groups excluding carboxylic acids is 1. The third-order valence-corrected chi connectivity index (χ3v) is 2.90. The molecule has 0 saturated carbocycles. The van der Waals surface area contributed by atoms with Gasteiger partial charge >= 0.3 is 6.03 Å². The molecule has 92 valence electrons. The van der Waals surface area contributed by atoms with E-state index in [4.69, 9.17) is 5.73 Å². The molecule has 0 aromatic heterocycles. The number of nitrogens with one attached hydrogen (secondary N) is 1. The molecule has 3 N–H and O–H groups in total. The number of halogens is 1. The second-order valence-corrected chi connectivity index (χ2v) is 4.26. The Bertz CT molecular complexity index is 402. The van der Waals surface area contributed by atoms with E-state index in [1.54, 1.807) is 17.0 Å². The summed E-state index contributed by atoms with van der Waals surface area (Å²) in [4.78, 5) is 13.5. The minimum atomic E-state index is -0.358. The Kier molecular flexibility index (Phi) is 3.58. The SMILES string of the molecule is NC1CCN(C(=O)Nc2cccc(F)c2)CC1. The zero-order valence-corrected chi connectivity index (χ0v) is 9.53. The molecule has 0 aliphatic carbocycles. The molecule has 1 aromatic rings. The van der Waals surface area contributed by atoms with Crippen molar-refractivity contribution in [1.82, 2.24) is 4.90 Å². The van der Waals surface area contributed by atoms with Crippen LogP contribution in [-0.4, -0.2) is 30.1 Å². The average molecular weight is 237 g/mol. The van der Waals surface area contributed by atoms with E-state index < -0.39 is 0 Å². The highest BCUT2D eigenvalue weighted by molar-refractivity contribution is 5.89. The largest absolute Gasteiger partial charge is 0.328 e. The van der Waals surface area contributed by atoms with Crippen LogP contribution in [0.15, 0.2) is 24.3 Å². The third kappa shape index (κ3) is 3.17.